The van der Waals surface area contributed by atoms with E-state index in [0.29, 0.717) is 0 Å². The molecule has 84 valence electrons. The molecule has 0 atom stereocenters. The minimum Gasteiger partial charge on any atom is -0.399 e. The highest BCUT2D eigenvalue weighted by atomic mass is 15.1. The maximum Gasteiger partial charge on any atom is 0.0367 e. The molecule has 1 aromatic carbocycles. The van der Waals surface area contributed by atoms with Gasteiger partial charge in [0.15, 0.2) is 0 Å². The summed E-state index contributed by atoms with van der Waals surface area (Å²) in [6, 6.07) is 8.13. The fraction of sp³-hybridized carbons (Fsp3) is 0.385. The summed E-state index contributed by atoms with van der Waals surface area (Å²) in [6.45, 7) is 2.22. The van der Waals surface area contributed by atoms with Crippen LogP contribution in [0.15, 0.2) is 36.4 Å². The molecule has 2 rings (SSSR count). The van der Waals surface area contributed by atoms with Gasteiger partial charge in [0.05, 0.1) is 0 Å². The van der Waals surface area contributed by atoms with Crippen LogP contribution in [0.25, 0.3) is 0 Å². The summed E-state index contributed by atoms with van der Waals surface area (Å²) < 4.78 is 0. The first-order chi connectivity index (χ1) is 6.86. The van der Waals surface area contributed by atoms with E-state index in [1.807, 2.05) is 12.1 Å². The van der Waals surface area contributed by atoms with Crippen molar-refractivity contribution < 1.29 is 1.43 Å². The monoisotopic (exact) mass is 206 g/mol. The van der Waals surface area contributed by atoms with E-state index in [0.717, 1.165) is 31.6 Å². The molecule has 1 aliphatic heterocycles. The first-order valence-electron chi connectivity index (χ1n) is 5.12. The molecule has 15 heavy (non-hydrogen) atoms. The van der Waals surface area contributed by atoms with Gasteiger partial charge in [-0.05, 0) is 37.1 Å². The number of nitrogen functional groups attached to an aromatic ring is 1. The first kappa shape index (κ1) is 11.6. The molecule has 0 radical (unpaired) electrons. The summed E-state index contributed by atoms with van der Waals surface area (Å²) in [6.07, 6.45) is 6.81. The van der Waals surface area contributed by atoms with Gasteiger partial charge in [-0.2, -0.15) is 0 Å². The summed E-state index contributed by atoms with van der Waals surface area (Å²) in [7, 11) is 0. The molecule has 0 fully saturated rings. The zero-order valence-corrected chi connectivity index (χ0v) is 8.32. The quantitative estimate of drug-likeness (QED) is 0.564. The van der Waals surface area contributed by atoms with Crippen LogP contribution in [0, 0.1) is 0 Å². The smallest absolute Gasteiger partial charge is 0.0367 e. The summed E-state index contributed by atoms with van der Waals surface area (Å²) >= 11 is 0. The zero-order valence-electron chi connectivity index (χ0n) is 8.32. The van der Waals surface area contributed by atoms with Crippen molar-refractivity contribution in [1.29, 1.82) is 0 Å². The van der Waals surface area contributed by atoms with Crippen LogP contribution in [-0.2, 0) is 0 Å². The first-order valence-corrected chi connectivity index (χ1v) is 5.12. The molecule has 0 bridgehead atoms. The van der Waals surface area contributed by atoms with Crippen LogP contribution >= 0.6 is 0 Å². The lowest BCUT2D eigenvalue weighted by Gasteiger charge is -2.22. The van der Waals surface area contributed by atoms with Gasteiger partial charge in [0.2, 0.25) is 0 Å². The normalized spacial score (nSPS) is 15.6. The molecule has 0 aliphatic carbocycles. The number of nitrogens with zero attached hydrogens (tertiary/aromatic N) is 1. The van der Waals surface area contributed by atoms with Crippen molar-refractivity contribution in [2.24, 2.45) is 0 Å². The Morgan fingerprint density at radius 2 is 1.53 bits per heavy atom. The molecule has 2 nitrogen and oxygen atoms in total. The molecule has 0 saturated carbocycles. The third-order valence-electron chi connectivity index (χ3n) is 2.56. The second kappa shape index (κ2) is 5.44. The van der Waals surface area contributed by atoms with E-state index in [1.165, 1.54) is 5.69 Å². The number of hydrogen-bond donors (Lipinski definition) is 1. The van der Waals surface area contributed by atoms with E-state index in [9.17, 15) is 0 Å². The molecule has 1 aromatic rings. The lowest BCUT2D eigenvalue weighted by atomic mass is 10.2. The molecule has 0 amide bonds. The van der Waals surface area contributed by atoms with Gasteiger partial charge >= 0.3 is 0 Å². The Labute approximate surface area is 93.9 Å². The maximum absolute atomic E-state index is 5.66. The molecule has 0 spiro atoms. The average molecular weight is 206 g/mol. The van der Waals surface area contributed by atoms with Gasteiger partial charge < -0.3 is 10.6 Å². The third kappa shape index (κ3) is 3.01. The minimum atomic E-state index is 0. The van der Waals surface area contributed by atoms with E-state index in [-0.39, 0.29) is 8.85 Å². The Bertz CT molecular complexity index is 309. The number of hydrogen-bond acceptors (Lipinski definition) is 2. The minimum absolute atomic E-state index is 0. The van der Waals surface area contributed by atoms with Crippen molar-refractivity contribution in [1.82, 2.24) is 0 Å². The SMILES string of the molecule is C.Nc1ccc(N2CCC=CCC2)cc1.[HH]. The van der Waals surface area contributed by atoms with Gasteiger partial charge in [-0.3, -0.25) is 0 Å². The van der Waals surface area contributed by atoms with Gasteiger partial charge in [-0.25, -0.2) is 0 Å². The molecule has 2 heteroatoms. The van der Waals surface area contributed by atoms with E-state index in [2.05, 4.69) is 29.2 Å². The predicted octanol–water partition coefficient (Wildman–Crippen LogP) is 3.31. The third-order valence-corrected chi connectivity index (χ3v) is 2.56. The predicted molar refractivity (Wildman–Crippen MR) is 70.3 cm³/mol. The summed E-state index contributed by atoms with van der Waals surface area (Å²) in [4.78, 5) is 2.40. The lowest BCUT2D eigenvalue weighted by Crippen LogP contribution is -2.23. The fourth-order valence-electron chi connectivity index (χ4n) is 1.75. The van der Waals surface area contributed by atoms with Gasteiger partial charge in [0, 0.05) is 25.9 Å². The molecule has 1 aliphatic rings. The molecule has 1 heterocycles. The van der Waals surface area contributed by atoms with Crippen molar-refractivity contribution in [3.8, 4) is 0 Å². The number of rotatable bonds is 1. The van der Waals surface area contributed by atoms with E-state index < -0.39 is 0 Å². The highest BCUT2D eigenvalue weighted by molar-refractivity contribution is 5.53. The van der Waals surface area contributed by atoms with Crippen molar-refractivity contribution in [3.63, 3.8) is 0 Å². The van der Waals surface area contributed by atoms with Gasteiger partial charge in [-0.1, -0.05) is 19.6 Å². The van der Waals surface area contributed by atoms with Crippen LogP contribution in [0.3, 0.4) is 0 Å². The average Bonchev–Trinajstić information content (AvgIpc) is 2.47. The zero-order chi connectivity index (χ0) is 9.80. The van der Waals surface area contributed by atoms with Gasteiger partial charge in [-0.15, -0.1) is 0 Å². The van der Waals surface area contributed by atoms with Crippen LogP contribution in [0.2, 0.25) is 0 Å². The Hall–Kier alpha value is -1.44. The van der Waals surface area contributed by atoms with Crippen molar-refractivity contribution in [2.75, 3.05) is 23.7 Å². The summed E-state index contributed by atoms with van der Waals surface area (Å²) in [5.41, 5.74) is 7.77. The van der Waals surface area contributed by atoms with Crippen LogP contribution in [0.5, 0.6) is 0 Å². The van der Waals surface area contributed by atoms with Crippen molar-refractivity contribution in [3.05, 3.63) is 36.4 Å². The maximum atomic E-state index is 5.66. The van der Waals surface area contributed by atoms with Gasteiger partial charge in [0.1, 0.15) is 0 Å². The summed E-state index contributed by atoms with van der Waals surface area (Å²) in [5, 5.41) is 0. The Morgan fingerprint density at radius 1 is 1.00 bits per heavy atom. The number of anilines is 2. The van der Waals surface area contributed by atoms with Crippen molar-refractivity contribution in [2.45, 2.75) is 20.3 Å². The second-order valence-corrected chi connectivity index (χ2v) is 3.63. The molecule has 0 aromatic heterocycles. The Balaban J connectivity index is 0.00000112. The molecule has 0 saturated heterocycles. The van der Waals surface area contributed by atoms with Gasteiger partial charge in [0.25, 0.3) is 0 Å². The van der Waals surface area contributed by atoms with Crippen molar-refractivity contribution >= 4 is 11.4 Å². The lowest BCUT2D eigenvalue weighted by molar-refractivity contribution is 0.812. The number of benzene rings is 1. The van der Waals surface area contributed by atoms with Crippen LogP contribution in [-0.4, -0.2) is 13.1 Å². The highest BCUT2D eigenvalue weighted by Gasteiger charge is 2.05. The second-order valence-electron chi connectivity index (χ2n) is 3.63. The van der Waals surface area contributed by atoms with Crippen LogP contribution < -0.4 is 10.6 Å². The molecular weight excluding hydrogens is 184 g/mol. The van der Waals surface area contributed by atoms with Crippen LogP contribution in [0.4, 0.5) is 11.4 Å². The molecular formula is C13H22N2. The molecule has 2 N–H and O–H groups in total. The summed E-state index contributed by atoms with van der Waals surface area (Å²) in [5.74, 6) is 0. The van der Waals surface area contributed by atoms with Crippen LogP contribution in [0.1, 0.15) is 21.7 Å². The largest absolute Gasteiger partial charge is 0.399 e. The topological polar surface area (TPSA) is 29.3 Å². The van der Waals surface area contributed by atoms with E-state index in [1.54, 1.807) is 0 Å². The molecule has 0 unspecified atom stereocenters. The number of nitrogens with two attached hydrogens (primary N) is 1. The highest BCUT2D eigenvalue weighted by Crippen LogP contribution is 2.18. The van der Waals surface area contributed by atoms with E-state index in [4.69, 9.17) is 5.73 Å². The standard InChI is InChI=1S/C12H16N2.CH4.H2/c13-11-5-7-12(8-6-11)14-9-3-1-2-4-10-14;;/h1-2,5-8H,3-4,9-10,13H2;1H4;1H. The Kier molecular flexibility index (Phi) is 4.22. The van der Waals surface area contributed by atoms with E-state index >= 15 is 0 Å². The Morgan fingerprint density at radius 3 is 2.07 bits per heavy atom. The fourth-order valence-corrected chi connectivity index (χ4v) is 1.75.